The molecule has 18 heavy (non-hydrogen) atoms. The first-order valence-corrected chi connectivity index (χ1v) is 6.29. The van der Waals surface area contributed by atoms with Gasteiger partial charge in [0.25, 0.3) is 0 Å². The van der Waals surface area contributed by atoms with Crippen LogP contribution >= 0.6 is 28.3 Å². The third-order valence-corrected chi connectivity index (χ3v) is 2.95. The van der Waals surface area contributed by atoms with Gasteiger partial charge in [-0.25, -0.2) is 4.39 Å². The van der Waals surface area contributed by atoms with Gasteiger partial charge in [0.05, 0.1) is 0 Å². The first-order chi connectivity index (χ1) is 8.08. The number of halogens is 3. The van der Waals surface area contributed by atoms with Gasteiger partial charge in [-0.2, -0.15) is 0 Å². The fourth-order valence-electron chi connectivity index (χ4n) is 1.53. The summed E-state index contributed by atoms with van der Waals surface area (Å²) in [6.07, 6.45) is 0.295. The maximum absolute atomic E-state index is 13.5. The van der Waals surface area contributed by atoms with Crippen molar-refractivity contribution >= 4 is 34.2 Å². The Kier molecular flexibility index (Phi) is 8.15. The lowest BCUT2D eigenvalue weighted by Gasteiger charge is -2.21. The zero-order valence-corrected chi connectivity index (χ0v) is 12.6. The lowest BCUT2D eigenvalue weighted by atomic mass is 10.2. The number of carbonyl (C=O) groups is 1. The number of carbonyl (C=O) groups excluding carboxylic acids is 1. The minimum atomic E-state index is -0.299. The third kappa shape index (κ3) is 4.92. The lowest BCUT2D eigenvalue weighted by Crippen LogP contribution is -2.32. The molecule has 0 aliphatic rings. The highest BCUT2D eigenvalue weighted by atomic mass is 79.9. The first kappa shape index (κ1) is 17.4. The number of benzene rings is 1. The normalized spacial score (nSPS) is 9.78. The van der Waals surface area contributed by atoms with Gasteiger partial charge in [-0.1, -0.05) is 15.9 Å². The van der Waals surface area contributed by atoms with Gasteiger partial charge in [0, 0.05) is 36.1 Å². The Morgan fingerprint density at radius 2 is 2.17 bits per heavy atom. The topological polar surface area (TPSA) is 46.3 Å². The van der Waals surface area contributed by atoms with Crippen LogP contribution < -0.4 is 5.73 Å². The van der Waals surface area contributed by atoms with Crippen molar-refractivity contribution in [3.63, 3.8) is 0 Å². The van der Waals surface area contributed by atoms with Crippen LogP contribution in [0.5, 0.6) is 0 Å². The third-order valence-electron chi connectivity index (χ3n) is 2.46. The zero-order chi connectivity index (χ0) is 12.8. The van der Waals surface area contributed by atoms with E-state index in [2.05, 4.69) is 15.9 Å². The van der Waals surface area contributed by atoms with E-state index in [1.807, 2.05) is 6.92 Å². The molecule has 2 N–H and O–H groups in total. The molecule has 3 nitrogen and oxygen atoms in total. The predicted molar refractivity (Wildman–Crippen MR) is 76.1 cm³/mol. The van der Waals surface area contributed by atoms with E-state index in [0.717, 1.165) is 4.47 Å². The molecular weight excluding hydrogens is 322 g/mol. The molecular formula is C12H17BrClFN2O. The van der Waals surface area contributed by atoms with Crippen LogP contribution in [0, 0.1) is 5.82 Å². The molecule has 0 fully saturated rings. The quantitative estimate of drug-likeness (QED) is 0.896. The second-order valence-electron chi connectivity index (χ2n) is 3.68. The van der Waals surface area contributed by atoms with Crippen LogP contribution in [0.4, 0.5) is 4.39 Å². The summed E-state index contributed by atoms with van der Waals surface area (Å²) >= 11 is 3.29. The summed E-state index contributed by atoms with van der Waals surface area (Å²) in [6.45, 7) is 3.01. The SMILES string of the molecule is CCN(Cc1cc(Br)ccc1F)C(=O)CCN.Cl. The van der Waals surface area contributed by atoms with E-state index in [1.165, 1.54) is 6.07 Å². The van der Waals surface area contributed by atoms with Gasteiger partial charge in [-0.3, -0.25) is 4.79 Å². The molecule has 1 rings (SSSR count). The summed E-state index contributed by atoms with van der Waals surface area (Å²) in [6, 6.07) is 4.71. The van der Waals surface area contributed by atoms with Gasteiger partial charge in [-0.15, -0.1) is 12.4 Å². The van der Waals surface area contributed by atoms with Crippen LogP contribution in [0.3, 0.4) is 0 Å². The maximum atomic E-state index is 13.5. The summed E-state index contributed by atoms with van der Waals surface area (Å²) in [5.41, 5.74) is 5.85. The molecule has 1 aromatic rings. The van der Waals surface area contributed by atoms with Crippen molar-refractivity contribution in [2.24, 2.45) is 5.73 Å². The molecule has 0 bridgehead atoms. The summed E-state index contributed by atoms with van der Waals surface area (Å²) in [5, 5.41) is 0. The predicted octanol–water partition coefficient (Wildman–Crippen LogP) is 2.71. The Hall–Kier alpha value is -0.650. The molecule has 0 radical (unpaired) electrons. The van der Waals surface area contributed by atoms with Gasteiger partial charge in [0.15, 0.2) is 0 Å². The van der Waals surface area contributed by atoms with Crippen LogP contribution in [0.15, 0.2) is 22.7 Å². The number of hydrogen-bond acceptors (Lipinski definition) is 2. The highest BCUT2D eigenvalue weighted by Gasteiger charge is 2.13. The minimum Gasteiger partial charge on any atom is -0.339 e. The fourth-order valence-corrected chi connectivity index (χ4v) is 1.94. The van der Waals surface area contributed by atoms with Crippen molar-refractivity contribution in [3.8, 4) is 0 Å². The molecule has 0 aliphatic heterocycles. The summed E-state index contributed by atoms with van der Waals surface area (Å²) in [4.78, 5) is 13.3. The molecule has 0 spiro atoms. The molecule has 0 atom stereocenters. The Morgan fingerprint density at radius 3 is 2.72 bits per heavy atom. The Balaban J connectivity index is 0.00000289. The van der Waals surface area contributed by atoms with Crippen LogP contribution in [0.25, 0.3) is 0 Å². The maximum Gasteiger partial charge on any atom is 0.224 e. The standard InChI is InChI=1S/C12H16BrFN2O.ClH/c1-2-16(12(17)5-6-15)8-9-7-10(13)3-4-11(9)14;/h3-4,7H,2,5-6,8,15H2,1H3;1H. The fraction of sp³-hybridized carbons (Fsp3) is 0.417. The van der Waals surface area contributed by atoms with Gasteiger partial charge < -0.3 is 10.6 Å². The molecule has 1 aromatic carbocycles. The van der Waals surface area contributed by atoms with E-state index in [9.17, 15) is 9.18 Å². The van der Waals surface area contributed by atoms with Gasteiger partial charge in [-0.05, 0) is 25.1 Å². The van der Waals surface area contributed by atoms with Crippen molar-refractivity contribution < 1.29 is 9.18 Å². The van der Waals surface area contributed by atoms with Gasteiger partial charge in [0.1, 0.15) is 5.82 Å². The summed E-state index contributed by atoms with van der Waals surface area (Å²) in [5.74, 6) is -0.346. The minimum absolute atomic E-state index is 0. The molecule has 0 saturated heterocycles. The molecule has 6 heteroatoms. The van der Waals surface area contributed by atoms with Crippen molar-refractivity contribution in [2.45, 2.75) is 19.9 Å². The summed E-state index contributed by atoms with van der Waals surface area (Å²) < 4.78 is 14.3. The van der Waals surface area contributed by atoms with Gasteiger partial charge in [0.2, 0.25) is 5.91 Å². The lowest BCUT2D eigenvalue weighted by molar-refractivity contribution is -0.131. The first-order valence-electron chi connectivity index (χ1n) is 5.50. The number of rotatable bonds is 5. The molecule has 1 amide bonds. The average molecular weight is 340 g/mol. The molecule has 0 unspecified atom stereocenters. The second-order valence-corrected chi connectivity index (χ2v) is 4.60. The van der Waals surface area contributed by atoms with E-state index in [0.29, 0.717) is 25.1 Å². The van der Waals surface area contributed by atoms with Crippen LogP contribution in [-0.2, 0) is 11.3 Å². The molecule has 0 aliphatic carbocycles. The van der Waals surface area contributed by atoms with E-state index >= 15 is 0 Å². The monoisotopic (exact) mass is 338 g/mol. The van der Waals surface area contributed by atoms with Crippen molar-refractivity contribution in [1.82, 2.24) is 4.90 Å². The Labute approximate surface area is 121 Å². The molecule has 0 saturated carbocycles. The van der Waals surface area contributed by atoms with Crippen LogP contribution in [0.1, 0.15) is 18.9 Å². The molecule has 0 heterocycles. The van der Waals surface area contributed by atoms with Crippen molar-refractivity contribution in [1.29, 1.82) is 0 Å². The van der Waals surface area contributed by atoms with Crippen LogP contribution in [0.2, 0.25) is 0 Å². The van der Waals surface area contributed by atoms with Crippen LogP contribution in [-0.4, -0.2) is 23.9 Å². The van der Waals surface area contributed by atoms with Crippen molar-refractivity contribution in [3.05, 3.63) is 34.1 Å². The summed E-state index contributed by atoms with van der Waals surface area (Å²) in [7, 11) is 0. The Morgan fingerprint density at radius 1 is 1.50 bits per heavy atom. The highest BCUT2D eigenvalue weighted by Crippen LogP contribution is 2.17. The Bertz CT molecular complexity index is 404. The number of nitrogens with two attached hydrogens (primary N) is 1. The zero-order valence-electron chi connectivity index (χ0n) is 10.2. The van der Waals surface area contributed by atoms with E-state index in [4.69, 9.17) is 5.73 Å². The largest absolute Gasteiger partial charge is 0.339 e. The second kappa shape index (κ2) is 8.45. The number of hydrogen-bond donors (Lipinski definition) is 1. The smallest absolute Gasteiger partial charge is 0.224 e. The number of nitrogens with zero attached hydrogens (tertiary/aromatic N) is 1. The average Bonchev–Trinajstić information content (AvgIpc) is 2.30. The van der Waals surface area contributed by atoms with Crippen molar-refractivity contribution in [2.75, 3.05) is 13.1 Å². The number of amides is 1. The molecule has 102 valence electrons. The molecule has 0 aromatic heterocycles. The highest BCUT2D eigenvalue weighted by molar-refractivity contribution is 9.10. The van der Waals surface area contributed by atoms with E-state index in [-0.39, 0.29) is 30.7 Å². The van der Waals surface area contributed by atoms with E-state index < -0.39 is 0 Å². The van der Waals surface area contributed by atoms with Gasteiger partial charge >= 0.3 is 0 Å². The van der Waals surface area contributed by atoms with E-state index in [1.54, 1.807) is 17.0 Å².